The quantitative estimate of drug-likeness (QED) is 0.827. The van der Waals surface area contributed by atoms with Crippen LogP contribution in [0, 0.1) is 6.92 Å². The lowest BCUT2D eigenvalue weighted by Crippen LogP contribution is -2.03. The van der Waals surface area contributed by atoms with Gasteiger partial charge in [0, 0.05) is 12.5 Å². The third kappa shape index (κ3) is 1.97. The Hall–Kier alpha value is -0.610. The van der Waals surface area contributed by atoms with E-state index >= 15 is 0 Å². The van der Waals surface area contributed by atoms with Gasteiger partial charge in [0.25, 0.3) is 0 Å². The van der Waals surface area contributed by atoms with Gasteiger partial charge < -0.3 is 4.57 Å². The Kier molecular flexibility index (Phi) is 3.46. The van der Waals surface area contributed by atoms with Gasteiger partial charge >= 0.3 is 0 Å². The molecule has 92 valence electrons. The first-order valence-corrected chi connectivity index (χ1v) is 6.86. The average Bonchev–Trinajstić information content (AvgIpc) is 2.51. The molecule has 2 aromatic heterocycles. The van der Waals surface area contributed by atoms with Crippen molar-refractivity contribution in [3.05, 3.63) is 21.1 Å². The molecular weight excluding hydrogens is 302 g/mol. The molecule has 0 aliphatic heterocycles. The van der Waals surface area contributed by atoms with Crippen molar-refractivity contribution in [1.29, 1.82) is 0 Å². The SMILES string of the molecule is CCn1c(Cl)c(Br)c2c(C)nc(C(C)C)nc21. The zero-order valence-corrected chi connectivity index (χ0v) is 12.7. The lowest BCUT2D eigenvalue weighted by molar-refractivity contribution is 0.748. The number of hydrogen-bond donors (Lipinski definition) is 0. The van der Waals surface area contributed by atoms with E-state index in [0.717, 1.165) is 33.6 Å². The summed E-state index contributed by atoms with van der Waals surface area (Å²) in [5.41, 5.74) is 1.89. The van der Waals surface area contributed by atoms with Crippen LogP contribution in [0.1, 0.15) is 38.2 Å². The molecule has 0 aliphatic carbocycles. The minimum absolute atomic E-state index is 0.316. The molecule has 0 saturated heterocycles. The summed E-state index contributed by atoms with van der Waals surface area (Å²) in [6, 6.07) is 0. The highest BCUT2D eigenvalue weighted by Gasteiger charge is 2.18. The molecule has 0 aliphatic rings. The fourth-order valence-electron chi connectivity index (χ4n) is 1.89. The van der Waals surface area contributed by atoms with E-state index in [0.29, 0.717) is 11.1 Å². The Morgan fingerprint density at radius 1 is 1.35 bits per heavy atom. The van der Waals surface area contributed by atoms with E-state index in [-0.39, 0.29) is 0 Å². The number of aromatic nitrogens is 3. The average molecular weight is 317 g/mol. The predicted octanol–water partition coefficient (Wildman–Crippen LogP) is 4.30. The Balaban J connectivity index is 2.87. The monoisotopic (exact) mass is 315 g/mol. The smallest absolute Gasteiger partial charge is 0.146 e. The summed E-state index contributed by atoms with van der Waals surface area (Å²) in [5.74, 6) is 1.18. The summed E-state index contributed by atoms with van der Waals surface area (Å²) < 4.78 is 2.89. The highest BCUT2D eigenvalue weighted by atomic mass is 79.9. The van der Waals surface area contributed by atoms with Gasteiger partial charge in [-0.3, -0.25) is 0 Å². The molecule has 0 unspecified atom stereocenters. The summed E-state index contributed by atoms with van der Waals surface area (Å²) in [4.78, 5) is 9.16. The van der Waals surface area contributed by atoms with Crippen molar-refractivity contribution >= 4 is 38.6 Å². The van der Waals surface area contributed by atoms with E-state index < -0.39 is 0 Å². The normalized spacial score (nSPS) is 11.7. The van der Waals surface area contributed by atoms with Crippen LogP contribution in [0.15, 0.2) is 4.47 Å². The highest BCUT2D eigenvalue weighted by molar-refractivity contribution is 9.10. The summed E-state index contributed by atoms with van der Waals surface area (Å²) >= 11 is 9.81. The lowest BCUT2D eigenvalue weighted by Gasteiger charge is -2.07. The molecule has 0 amide bonds. The molecule has 2 heterocycles. The number of aryl methyl sites for hydroxylation is 2. The molecule has 0 aromatic carbocycles. The van der Waals surface area contributed by atoms with Crippen LogP contribution >= 0.6 is 27.5 Å². The van der Waals surface area contributed by atoms with Crippen LogP contribution in [-0.2, 0) is 6.54 Å². The topological polar surface area (TPSA) is 30.7 Å². The van der Waals surface area contributed by atoms with Crippen molar-refractivity contribution < 1.29 is 0 Å². The van der Waals surface area contributed by atoms with Gasteiger partial charge in [-0.2, -0.15) is 0 Å². The number of hydrogen-bond acceptors (Lipinski definition) is 2. The van der Waals surface area contributed by atoms with E-state index in [1.54, 1.807) is 0 Å². The fraction of sp³-hybridized carbons (Fsp3) is 0.500. The molecule has 2 aromatic rings. The van der Waals surface area contributed by atoms with E-state index in [1.165, 1.54) is 0 Å². The van der Waals surface area contributed by atoms with Crippen molar-refractivity contribution in [2.75, 3.05) is 0 Å². The van der Waals surface area contributed by atoms with E-state index in [4.69, 9.17) is 11.6 Å². The molecular formula is C12H15BrClN3. The molecule has 17 heavy (non-hydrogen) atoms. The second-order valence-corrected chi connectivity index (χ2v) is 5.52. The predicted molar refractivity (Wildman–Crippen MR) is 74.7 cm³/mol. The van der Waals surface area contributed by atoms with Crippen LogP contribution in [0.25, 0.3) is 11.0 Å². The molecule has 0 saturated carbocycles. The molecule has 0 radical (unpaired) electrons. The highest BCUT2D eigenvalue weighted by Crippen LogP contribution is 2.35. The van der Waals surface area contributed by atoms with Gasteiger partial charge in [0.1, 0.15) is 16.6 Å². The fourth-order valence-corrected chi connectivity index (χ4v) is 2.86. The third-order valence-electron chi connectivity index (χ3n) is 2.81. The summed E-state index contributed by atoms with van der Waals surface area (Å²) in [6.07, 6.45) is 0. The van der Waals surface area contributed by atoms with Crippen LogP contribution in [0.4, 0.5) is 0 Å². The lowest BCUT2D eigenvalue weighted by atomic mass is 10.2. The second-order valence-electron chi connectivity index (χ2n) is 4.37. The minimum Gasteiger partial charge on any atom is -0.316 e. The maximum atomic E-state index is 6.29. The van der Waals surface area contributed by atoms with Gasteiger partial charge in [-0.25, -0.2) is 9.97 Å². The van der Waals surface area contributed by atoms with Crippen molar-refractivity contribution in [1.82, 2.24) is 14.5 Å². The van der Waals surface area contributed by atoms with Crippen LogP contribution in [-0.4, -0.2) is 14.5 Å². The Morgan fingerprint density at radius 2 is 2.00 bits per heavy atom. The van der Waals surface area contributed by atoms with Gasteiger partial charge in [-0.15, -0.1) is 0 Å². The summed E-state index contributed by atoms with van der Waals surface area (Å²) in [5, 5.41) is 1.71. The molecule has 0 N–H and O–H groups in total. The molecule has 0 bridgehead atoms. The van der Waals surface area contributed by atoms with Gasteiger partial charge in [0.15, 0.2) is 0 Å². The van der Waals surface area contributed by atoms with Crippen molar-refractivity contribution in [3.8, 4) is 0 Å². The first-order chi connectivity index (χ1) is 7.97. The van der Waals surface area contributed by atoms with Gasteiger partial charge in [-0.1, -0.05) is 25.4 Å². The Labute approximate surface area is 114 Å². The molecule has 3 nitrogen and oxygen atoms in total. The van der Waals surface area contributed by atoms with Gasteiger partial charge in [0.2, 0.25) is 0 Å². The van der Waals surface area contributed by atoms with E-state index in [1.807, 2.05) is 11.5 Å². The third-order valence-corrected chi connectivity index (χ3v) is 4.21. The van der Waals surface area contributed by atoms with E-state index in [9.17, 15) is 0 Å². The maximum absolute atomic E-state index is 6.29. The van der Waals surface area contributed by atoms with Crippen molar-refractivity contribution in [2.24, 2.45) is 0 Å². The molecule has 2 rings (SSSR count). The number of fused-ring (bicyclic) bond motifs is 1. The number of nitrogens with zero attached hydrogens (tertiary/aromatic N) is 3. The second kappa shape index (κ2) is 4.58. The zero-order chi connectivity index (χ0) is 12.7. The van der Waals surface area contributed by atoms with Crippen LogP contribution in [0.3, 0.4) is 0 Å². The zero-order valence-electron chi connectivity index (χ0n) is 10.4. The Bertz CT molecular complexity index is 575. The minimum atomic E-state index is 0.316. The number of rotatable bonds is 2. The van der Waals surface area contributed by atoms with Crippen molar-refractivity contribution in [3.63, 3.8) is 0 Å². The molecule has 0 spiro atoms. The van der Waals surface area contributed by atoms with Crippen LogP contribution in [0.5, 0.6) is 0 Å². The van der Waals surface area contributed by atoms with Crippen LogP contribution < -0.4 is 0 Å². The maximum Gasteiger partial charge on any atom is 0.146 e. The first kappa shape index (κ1) is 12.8. The largest absolute Gasteiger partial charge is 0.316 e. The standard InChI is InChI=1S/C12H15BrClN3/c1-5-17-10(14)9(13)8-7(4)15-11(6(2)3)16-12(8)17/h6H,5H2,1-4H3. The summed E-state index contributed by atoms with van der Waals surface area (Å²) in [7, 11) is 0. The molecule has 5 heteroatoms. The van der Waals surface area contributed by atoms with Gasteiger partial charge in [0.05, 0.1) is 15.6 Å². The van der Waals surface area contributed by atoms with Gasteiger partial charge in [-0.05, 0) is 29.8 Å². The van der Waals surface area contributed by atoms with Crippen molar-refractivity contribution in [2.45, 2.75) is 40.2 Å². The molecule has 0 atom stereocenters. The van der Waals surface area contributed by atoms with E-state index in [2.05, 4.69) is 46.7 Å². The first-order valence-electron chi connectivity index (χ1n) is 5.69. The Morgan fingerprint density at radius 3 is 2.53 bits per heavy atom. The van der Waals surface area contributed by atoms with Crippen LogP contribution in [0.2, 0.25) is 5.15 Å². The summed E-state index contributed by atoms with van der Waals surface area (Å²) in [6.45, 7) is 9.04. The number of halogens is 2. The molecule has 0 fully saturated rings.